The summed E-state index contributed by atoms with van der Waals surface area (Å²) in [7, 11) is 0. The Bertz CT molecular complexity index is 3790. The molecule has 0 saturated carbocycles. The molecule has 0 aliphatic rings. The van der Waals surface area contributed by atoms with Gasteiger partial charge in [0.25, 0.3) is 0 Å². The van der Waals surface area contributed by atoms with Gasteiger partial charge in [-0.15, -0.1) is 0 Å². The van der Waals surface area contributed by atoms with Gasteiger partial charge in [-0.1, -0.05) is 109 Å². The minimum atomic E-state index is -1.29. The van der Waals surface area contributed by atoms with E-state index in [1.807, 2.05) is 0 Å². The maximum absolute atomic E-state index is 10.3. The highest BCUT2D eigenvalue weighted by atomic mass is 16.4. The molecule has 12 rings (SSSR count). The molecule has 5 heteroatoms. The number of carboxylic acids is 1. The molecule has 0 bridgehead atoms. The van der Waals surface area contributed by atoms with E-state index in [1.54, 1.807) is 0 Å². The maximum Gasteiger partial charge on any atom is 0.335 e. The lowest BCUT2D eigenvalue weighted by molar-refractivity contribution is 0.0695. The smallest absolute Gasteiger partial charge is 0.335 e. The Hall–Kier alpha value is -8.41. The second-order valence-electron chi connectivity index (χ2n) is 16.0. The number of phenols is 3. The largest absolute Gasteiger partial charge is 0.504 e. The van der Waals surface area contributed by atoms with Gasteiger partial charge in [-0.2, -0.15) is 0 Å². The first-order valence-corrected chi connectivity index (χ1v) is 20.4. The predicted octanol–water partition coefficient (Wildman–Crippen LogP) is 14.7. The van der Waals surface area contributed by atoms with Crippen molar-refractivity contribution in [1.82, 2.24) is 0 Å². The van der Waals surface area contributed by atoms with Crippen LogP contribution in [0.4, 0.5) is 0 Å². The average molecular weight is 801 g/mol. The summed E-state index contributed by atoms with van der Waals surface area (Å²) in [6.45, 7) is 0. The second-order valence-corrected chi connectivity index (χ2v) is 16.0. The third-order valence-corrected chi connectivity index (χ3v) is 12.1. The molecule has 0 unspecified atom stereocenters. The van der Waals surface area contributed by atoms with Crippen molar-refractivity contribution in [2.45, 2.75) is 0 Å². The molecule has 0 radical (unpaired) electrons. The topological polar surface area (TPSA) is 98.0 Å². The summed E-state index contributed by atoms with van der Waals surface area (Å²) in [5, 5.41) is 55.4. The van der Waals surface area contributed by atoms with Gasteiger partial charge in [-0.25, -0.2) is 4.79 Å². The molecular formula is C57H36O5. The number of fused-ring (bicyclic) bond motifs is 9. The fourth-order valence-corrected chi connectivity index (χ4v) is 9.08. The number of aromatic carboxylic acids is 1. The molecule has 12 aromatic carbocycles. The van der Waals surface area contributed by atoms with Crippen molar-refractivity contribution in [3.63, 3.8) is 0 Å². The van der Waals surface area contributed by atoms with E-state index >= 15 is 0 Å². The molecule has 0 fully saturated rings. The van der Waals surface area contributed by atoms with Crippen molar-refractivity contribution in [2.75, 3.05) is 0 Å². The molecule has 0 aromatic heterocycles. The van der Waals surface area contributed by atoms with Crippen LogP contribution >= 0.6 is 0 Å². The number of rotatable bonds is 3. The van der Waals surface area contributed by atoms with Crippen molar-refractivity contribution in [3.05, 3.63) is 200 Å². The third-order valence-electron chi connectivity index (χ3n) is 12.1. The quantitative estimate of drug-likeness (QED) is 0.0810. The number of carbonyl (C=O) groups is 1. The summed E-state index contributed by atoms with van der Waals surface area (Å²) in [4.78, 5) is 10.3. The average Bonchev–Trinajstić information content (AvgIpc) is 3.29. The lowest BCUT2D eigenvalue weighted by Gasteiger charge is -2.14. The molecule has 0 aliphatic heterocycles. The van der Waals surface area contributed by atoms with Gasteiger partial charge in [0, 0.05) is 0 Å². The molecule has 4 N–H and O–H groups in total. The third kappa shape index (κ3) is 6.32. The first-order chi connectivity index (χ1) is 30.2. The number of hydrogen-bond donors (Lipinski definition) is 4. The van der Waals surface area contributed by atoms with E-state index < -0.39 is 23.2 Å². The van der Waals surface area contributed by atoms with Crippen LogP contribution in [-0.2, 0) is 0 Å². The van der Waals surface area contributed by atoms with E-state index in [1.165, 1.54) is 108 Å². The summed E-state index contributed by atoms with van der Waals surface area (Å²) >= 11 is 0. The Morgan fingerprint density at radius 1 is 0.306 bits per heavy atom. The lowest BCUT2D eigenvalue weighted by Crippen LogP contribution is -1.95. The van der Waals surface area contributed by atoms with E-state index in [0.717, 1.165) is 12.1 Å². The van der Waals surface area contributed by atoms with Crippen LogP contribution in [0.1, 0.15) is 10.4 Å². The van der Waals surface area contributed by atoms with E-state index in [-0.39, 0.29) is 5.56 Å². The minimum absolute atomic E-state index is 0.289. The van der Waals surface area contributed by atoms with Crippen molar-refractivity contribution < 1.29 is 25.2 Å². The fraction of sp³-hybridized carbons (Fsp3) is 0. The fourth-order valence-electron chi connectivity index (χ4n) is 9.08. The highest BCUT2D eigenvalue weighted by Gasteiger charge is 2.14. The number of aromatic hydroxyl groups is 3. The van der Waals surface area contributed by atoms with E-state index in [2.05, 4.69) is 182 Å². The van der Waals surface area contributed by atoms with Gasteiger partial charge in [-0.05, 0) is 193 Å². The molecule has 12 aromatic rings. The molecule has 62 heavy (non-hydrogen) atoms. The van der Waals surface area contributed by atoms with Gasteiger partial charge in [0.15, 0.2) is 17.2 Å². The van der Waals surface area contributed by atoms with Crippen LogP contribution in [0.25, 0.3) is 108 Å². The Labute approximate surface area is 355 Å². The normalized spacial score (nSPS) is 11.5. The Kier molecular flexibility index (Phi) is 8.51. The summed E-state index contributed by atoms with van der Waals surface area (Å²) < 4.78 is 0. The van der Waals surface area contributed by atoms with Crippen LogP contribution in [0, 0.1) is 0 Å². The van der Waals surface area contributed by atoms with Gasteiger partial charge in [0.2, 0.25) is 0 Å². The molecule has 5 nitrogen and oxygen atoms in total. The summed E-state index contributed by atoms with van der Waals surface area (Å²) in [6, 6.07) is 69.6. The second kappa shape index (κ2) is 14.4. The first-order valence-electron chi connectivity index (χ1n) is 20.4. The zero-order valence-electron chi connectivity index (χ0n) is 33.2. The molecule has 0 saturated heterocycles. The van der Waals surface area contributed by atoms with Crippen LogP contribution in [0.3, 0.4) is 0 Å². The summed E-state index contributed by atoms with van der Waals surface area (Å²) in [5.41, 5.74) is 4.73. The van der Waals surface area contributed by atoms with E-state index in [0.29, 0.717) is 0 Å². The Balaban J connectivity index is 0.000000314. The Morgan fingerprint density at radius 3 is 1.19 bits per heavy atom. The number of hydrogen-bond acceptors (Lipinski definition) is 4. The van der Waals surface area contributed by atoms with Gasteiger partial charge in [-0.3, -0.25) is 0 Å². The van der Waals surface area contributed by atoms with Crippen LogP contribution in [0.5, 0.6) is 17.2 Å². The van der Waals surface area contributed by atoms with Crippen LogP contribution < -0.4 is 0 Å². The van der Waals surface area contributed by atoms with Crippen LogP contribution in [0.15, 0.2) is 194 Å². The summed E-state index contributed by atoms with van der Waals surface area (Å²) in [5.74, 6) is -3.33. The predicted molar refractivity (Wildman–Crippen MR) is 256 cm³/mol. The lowest BCUT2D eigenvalue weighted by atomic mass is 9.90. The highest BCUT2D eigenvalue weighted by molar-refractivity contribution is 6.18. The summed E-state index contributed by atoms with van der Waals surface area (Å²) in [6.07, 6.45) is 0. The molecule has 0 heterocycles. The van der Waals surface area contributed by atoms with E-state index in [4.69, 9.17) is 20.4 Å². The molecule has 0 spiro atoms. The van der Waals surface area contributed by atoms with Gasteiger partial charge in [0.1, 0.15) is 0 Å². The molecule has 0 amide bonds. The van der Waals surface area contributed by atoms with Crippen LogP contribution in [-0.4, -0.2) is 26.4 Å². The number of carboxylic acid groups (broad SMARTS) is 1. The number of benzene rings is 12. The van der Waals surface area contributed by atoms with Gasteiger partial charge in [0.05, 0.1) is 5.56 Å². The molecule has 0 aliphatic carbocycles. The molecule has 0 atom stereocenters. The van der Waals surface area contributed by atoms with Crippen molar-refractivity contribution >= 4 is 92.1 Å². The zero-order chi connectivity index (χ0) is 42.1. The van der Waals surface area contributed by atoms with Gasteiger partial charge < -0.3 is 20.4 Å². The molecular weight excluding hydrogens is 765 g/mol. The standard InChI is InChI=1S/C50H30.C7H6O5/c1-2-9-31(10-3-1)45-14-6-7-15-46(45)47-16-8-13-34-21-39-25-41-23-36-18-17-35-22-40-24-37-19-32-11-4-5-12-33(32)20-38(37)26-42(40)29-49(35)50(36)30-44(41)27-43(39)28-48(34)47;8-4-1-3(7(11)12)2-5(9)6(4)10/h1-30H;1-2,8-10H,(H,11,12). The first kappa shape index (κ1) is 36.7. The molecule has 294 valence electrons. The Morgan fingerprint density at radius 2 is 0.677 bits per heavy atom. The van der Waals surface area contributed by atoms with E-state index in [9.17, 15) is 4.79 Å². The number of phenolic OH excluding ortho intramolecular Hbond substituents is 3. The zero-order valence-corrected chi connectivity index (χ0v) is 33.2. The van der Waals surface area contributed by atoms with Crippen LogP contribution in [0.2, 0.25) is 0 Å². The van der Waals surface area contributed by atoms with Crippen molar-refractivity contribution in [2.24, 2.45) is 0 Å². The maximum atomic E-state index is 10.3. The van der Waals surface area contributed by atoms with Crippen molar-refractivity contribution in [3.8, 4) is 39.5 Å². The highest BCUT2D eigenvalue weighted by Crippen LogP contribution is 2.40. The van der Waals surface area contributed by atoms with Gasteiger partial charge >= 0.3 is 5.97 Å². The minimum Gasteiger partial charge on any atom is -0.504 e. The SMILES string of the molecule is O=C(O)c1cc(O)c(O)c(O)c1.c1ccc(-c2ccccc2-c2cccc3cc4cc5cc6ccc7cc8cc9cc%10ccccc%10cc9cc8cc7c6cc5cc4cc23)cc1. The van der Waals surface area contributed by atoms with Crippen molar-refractivity contribution in [1.29, 1.82) is 0 Å². The monoisotopic (exact) mass is 800 g/mol.